The fourth-order valence-electron chi connectivity index (χ4n) is 6.21. The second kappa shape index (κ2) is 7.92. The van der Waals surface area contributed by atoms with Gasteiger partial charge in [0.1, 0.15) is 24.5 Å². The highest BCUT2D eigenvalue weighted by Gasteiger charge is 2.61. The van der Waals surface area contributed by atoms with Crippen LogP contribution in [0.25, 0.3) is 0 Å². The average Bonchev–Trinajstić information content (AvgIpc) is 2.79. The van der Waals surface area contributed by atoms with Gasteiger partial charge in [0.2, 0.25) is 0 Å². The smallest absolute Gasteiger partial charge is 0.306 e. The van der Waals surface area contributed by atoms with Crippen molar-refractivity contribution >= 4 is 24.3 Å². The third kappa shape index (κ3) is 3.60. The van der Waals surface area contributed by atoms with E-state index in [1.165, 1.54) is 0 Å². The van der Waals surface area contributed by atoms with Crippen LogP contribution in [0.3, 0.4) is 0 Å². The normalized spacial score (nSPS) is 37.0. The summed E-state index contributed by atoms with van der Waals surface area (Å²) in [4.78, 5) is 48.7. The first-order valence-corrected chi connectivity index (χ1v) is 10.6. The molecule has 0 bridgehead atoms. The SMILES string of the molecule is CCCC(=O)OC1C=C(C=O)CCC2C3CCC(=O)CC3C(C)(C)CC12C=O. The van der Waals surface area contributed by atoms with Crippen LogP contribution in [-0.4, -0.2) is 30.4 Å². The van der Waals surface area contributed by atoms with E-state index in [0.29, 0.717) is 49.9 Å². The van der Waals surface area contributed by atoms with Gasteiger partial charge in [-0.1, -0.05) is 20.8 Å². The van der Waals surface area contributed by atoms with Crippen molar-refractivity contribution in [1.82, 2.24) is 0 Å². The Hall–Kier alpha value is -1.78. The summed E-state index contributed by atoms with van der Waals surface area (Å²) in [6, 6.07) is 0. The second-order valence-corrected chi connectivity index (χ2v) is 9.61. The number of rotatable bonds is 5. The van der Waals surface area contributed by atoms with Crippen molar-refractivity contribution in [3.63, 3.8) is 0 Å². The number of ether oxygens (including phenoxy) is 1. The lowest BCUT2D eigenvalue weighted by molar-refractivity contribution is -0.174. The van der Waals surface area contributed by atoms with Gasteiger partial charge >= 0.3 is 5.97 Å². The van der Waals surface area contributed by atoms with E-state index in [-0.39, 0.29) is 29.1 Å². The van der Waals surface area contributed by atoms with E-state index in [4.69, 9.17) is 4.74 Å². The molecule has 2 saturated carbocycles. The Morgan fingerprint density at radius 3 is 2.61 bits per heavy atom. The Labute approximate surface area is 167 Å². The molecule has 3 aliphatic rings. The Balaban J connectivity index is 2.06. The van der Waals surface area contributed by atoms with Gasteiger partial charge in [-0.3, -0.25) is 14.4 Å². The zero-order valence-corrected chi connectivity index (χ0v) is 17.2. The molecule has 0 aliphatic heterocycles. The van der Waals surface area contributed by atoms with Gasteiger partial charge in [-0.05, 0) is 66.9 Å². The molecule has 5 heteroatoms. The van der Waals surface area contributed by atoms with Gasteiger partial charge in [0.15, 0.2) is 0 Å². The molecule has 0 radical (unpaired) electrons. The third-order valence-corrected chi connectivity index (χ3v) is 7.42. The van der Waals surface area contributed by atoms with E-state index in [1.54, 1.807) is 6.08 Å². The summed E-state index contributed by atoms with van der Waals surface area (Å²) in [7, 11) is 0. The van der Waals surface area contributed by atoms with Gasteiger partial charge in [0.25, 0.3) is 0 Å². The summed E-state index contributed by atoms with van der Waals surface area (Å²) in [5, 5.41) is 0. The summed E-state index contributed by atoms with van der Waals surface area (Å²) in [5.41, 5.74) is -0.446. The first kappa shape index (κ1) is 20.9. The molecular formula is C23H32O5. The Morgan fingerprint density at radius 1 is 1.21 bits per heavy atom. The molecule has 0 spiro atoms. The number of Topliss-reactive ketones (excluding diaryl/α,β-unsaturated/α-hetero) is 1. The number of carbonyl (C=O) groups is 4. The van der Waals surface area contributed by atoms with Crippen LogP contribution in [0.15, 0.2) is 11.6 Å². The highest BCUT2D eigenvalue weighted by atomic mass is 16.5. The van der Waals surface area contributed by atoms with Crippen molar-refractivity contribution in [3.8, 4) is 0 Å². The van der Waals surface area contributed by atoms with Crippen molar-refractivity contribution in [1.29, 1.82) is 0 Å². The van der Waals surface area contributed by atoms with Crippen LogP contribution in [0.1, 0.15) is 72.1 Å². The van der Waals surface area contributed by atoms with Crippen molar-refractivity contribution in [2.75, 3.05) is 0 Å². The highest BCUT2D eigenvalue weighted by molar-refractivity contribution is 5.80. The molecule has 0 heterocycles. The largest absolute Gasteiger partial charge is 0.457 e. The monoisotopic (exact) mass is 388 g/mol. The molecule has 3 rings (SSSR count). The minimum absolute atomic E-state index is 0.0178. The standard InChI is InChI=1S/C23H32O5/c1-4-5-21(27)28-20-10-15(12-24)6-9-18-17-8-7-16(26)11-19(17)22(2,3)13-23(18,20)14-25/h10,12,14,17-20H,4-9,11,13H2,1-3H3. The maximum Gasteiger partial charge on any atom is 0.306 e. The van der Waals surface area contributed by atoms with E-state index in [2.05, 4.69) is 13.8 Å². The quantitative estimate of drug-likeness (QED) is 0.528. The fraction of sp³-hybridized carbons (Fsp3) is 0.739. The maximum atomic E-state index is 12.7. The number of hydrogen-bond donors (Lipinski definition) is 0. The van der Waals surface area contributed by atoms with Gasteiger partial charge < -0.3 is 9.53 Å². The van der Waals surface area contributed by atoms with Crippen LogP contribution < -0.4 is 0 Å². The van der Waals surface area contributed by atoms with Gasteiger partial charge in [-0.2, -0.15) is 0 Å². The van der Waals surface area contributed by atoms with Crippen LogP contribution in [0.4, 0.5) is 0 Å². The summed E-state index contributed by atoms with van der Waals surface area (Å²) >= 11 is 0. The molecule has 0 saturated heterocycles. The molecular weight excluding hydrogens is 356 g/mol. The summed E-state index contributed by atoms with van der Waals surface area (Å²) < 4.78 is 5.83. The van der Waals surface area contributed by atoms with Crippen LogP contribution in [0.2, 0.25) is 0 Å². The molecule has 3 aliphatic carbocycles. The molecule has 5 nitrogen and oxygen atoms in total. The van der Waals surface area contributed by atoms with Gasteiger partial charge in [-0.15, -0.1) is 0 Å². The van der Waals surface area contributed by atoms with Gasteiger partial charge in [0, 0.05) is 19.3 Å². The number of aldehydes is 2. The lowest BCUT2D eigenvalue weighted by Gasteiger charge is -2.58. The molecule has 0 amide bonds. The van der Waals surface area contributed by atoms with Gasteiger partial charge in [0.05, 0.1) is 5.41 Å². The molecule has 0 aromatic rings. The Kier molecular flexibility index (Phi) is 5.92. The molecule has 5 unspecified atom stereocenters. The van der Waals surface area contributed by atoms with E-state index in [0.717, 1.165) is 25.4 Å². The number of hydrogen-bond acceptors (Lipinski definition) is 5. The number of esters is 1. The van der Waals surface area contributed by atoms with Gasteiger partial charge in [-0.25, -0.2) is 0 Å². The Bertz CT molecular complexity index is 691. The lowest BCUT2D eigenvalue weighted by atomic mass is 9.46. The minimum atomic E-state index is -0.834. The van der Waals surface area contributed by atoms with Crippen LogP contribution in [0.5, 0.6) is 0 Å². The highest BCUT2D eigenvalue weighted by Crippen LogP contribution is 2.62. The average molecular weight is 389 g/mol. The Morgan fingerprint density at radius 2 is 1.96 bits per heavy atom. The molecule has 0 aromatic carbocycles. The topological polar surface area (TPSA) is 77.5 Å². The van der Waals surface area contributed by atoms with Crippen molar-refractivity contribution < 1.29 is 23.9 Å². The number of carbonyl (C=O) groups excluding carboxylic acids is 4. The number of ketones is 1. The molecule has 0 N–H and O–H groups in total. The van der Waals surface area contributed by atoms with E-state index >= 15 is 0 Å². The minimum Gasteiger partial charge on any atom is -0.457 e. The molecule has 0 aromatic heterocycles. The van der Waals surface area contributed by atoms with Crippen molar-refractivity contribution in [2.24, 2.45) is 28.6 Å². The van der Waals surface area contributed by atoms with Crippen LogP contribution >= 0.6 is 0 Å². The maximum absolute atomic E-state index is 12.7. The van der Waals surface area contributed by atoms with Crippen molar-refractivity contribution in [3.05, 3.63) is 11.6 Å². The third-order valence-electron chi connectivity index (χ3n) is 7.42. The van der Waals surface area contributed by atoms with Crippen LogP contribution in [0, 0.1) is 28.6 Å². The molecule has 28 heavy (non-hydrogen) atoms. The summed E-state index contributed by atoms with van der Waals surface area (Å²) in [5.74, 6) is 0.466. The van der Waals surface area contributed by atoms with E-state index in [9.17, 15) is 19.2 Å². The fourth-order valence-corrected chi connectivity index (χ4v) is 6.21. The molecule has 154 valence electrons. The number of allylic oxidation sites excluding steroid dienone is 1. The summed E-state index contributed by atoms with van der Waals surface area (Å²) in [6.07, 6.45) is 7.57. The molecule has 2 fully saturated rings. The first-order chi connectivity index (χ1) is 13.3. The summed E-state index contributed by atoms with van der Waals surface area (Å²) in [6.45, 7) is 6.17. The van der Waals surface area contributed by atoms with E-state index < -0.39 is 11.5 Å². The zero-order valence-electron chi connectivity index (χ0n) is 17.2. The lowest BCUT2D eigenvalue weighted by Crippen LogP contribution is -2.58. The predicted octanol–water partition coefficient (Wildman–Crippen LogP) is 3.83. The second-order valence-electron chi connectivity index (χ2n) is 9.61. The van der Waals surface area contributed by atoms with Crippen LogP contribution in [-0.2, 0) is 23.9 Å². The zero-order chi connectivity index (χ0) is 20.5. The number of fused-ring (bicyclic) bond motifs is 3. The molecule has 5 atom stereocenters. The first-order valence-electron chi connectivity index (χ1n) is 10.6. The van der Waals surface area contributed by atoms with Crippen molar-refractivity contribution in [2.45, 2.75) is 78.2 Å². The van der Waals surface area contributed by atoms with E-state index in [1.807, 2.05) is 6.92 Å². The predicted molar refractivity (Wildman–Crippen MR) is 104 cm³/mol.